The zero-order valence-electron chi connectivity index (χ0n) is 9.62. The summed E-state index contributed by atoms with van der Waals surface area (Å²) in [5, 5.41) is 3.38. The average molecular weight is 236 g/mol. The number of hydrogen-bond donors (Lipinski definition) is 3. The number of benzene rings is 1. The number of nitrogens with zero attached hydrogens (tertiary/aromatic N) is 1. The Hall–Kier alpha value is -1.46. The van der Waals surface area contributed by atoms with Crippen molar-refractivity contribution in [3.63, 3.8) is 0 Å². The number of rotatable bonds is 5. The molecular weight excluding hydrogens is 219 g/mol. The minimum absolute atomic E-state index is 0.275. The molecule has 0 spiro atoms. The molecule has 92 valence electrons. The summed E-state index contributed by atoms with van der Waals surface area (Å²) < 4.78 is 12.8. The van der Waals surface area contributed by atoms with Gasteiger partial charge in [0.15, 0.2) is 0 Å². The maximum absolute atomic E-state index is 12.8. The van der Waals surface area contributed by atoms with Crippen molar-refractivity contribution < 1.29 is 4.39 Å². The first-order valence-corrected chi connectivity index (χ1v) is 5.84. The van der Waals surface area contributed by atoms with Crippen LogP contribution in [0.15, 0.2) is 29.3 Å². The van der Waals surface area contributed by atoms with E-state index in [9.17, 15) is 4.39 Å². The van der Waals surface area contributed by atoms with Gasteiger partial charge in [0.25, 0.3) is 0 Å². The summed E-state index contributed by atoms with van der Waals surface area (Å²) in [6, 6.07) is 6.70. The fourth-order valence-corrected chi connectivity index (χ4v) is 1.82. The molecule has 0 bridgehead atoms. The molecule has 0 amide bonds. The molecule has 1 saturated heterocycles. The van der Waals surface area contributed by atoms with E-state index in [4.69, 9.17) is 0 Å². The van der Waals surface area contributed by atoms with Crippen LogP contribution in [-0.2, 0) is 0 Å². The first-order chi connectivity index (χ1) is 8.34. The SMILES string of the molecule is Fc1cccc(N=CNNC[C@@H]2CCCN2)c1. The Labute approximate surface area is 100 Å². The van der Waals surface area contributed by atoms with Crippen LogP contribution in [0.25, 0.3) is 0 Å². The monoisotopic (exact) mass is 236 g/mol. The maximum atomic E-state index is 12.8. The molecule has 5 heteroatoms. The molecule has 1 aromatic carbocycles. The first-order valence-electron chi connectivity index (χ1n) is 5.84. The van der Waals surface area contributed by atoms with Gasteiger partial charge in [-0.25, -0.2) is 14.8 Å². The number of nitrogens with one attached hydrogen (secondary N) is 3. The molecule has 4 nitrogen and oxygen atoms in total. The van der Waals surface area contributed by atoms with E-state index in [0.717, 1.165) is 13.1 Å². The van der Waals surface area contributed by atoms with Gasteiger partial charge in [0.05, 0.1) is 5.69 Å². The molecule has 17 heavy (non-hydrogen) atoms. The fourth-order valence-electron chi connectivity index (χ4n) is 1.82. The van der Waals surface area contributed by atoms with E-state index < -0.39 is 0 Å². The highest BCUT2D eigenvalue weighted by atomic mass is 19.1. The molecule has 0 aromatic heterocycles. The molecule has 0 unspecified atom stereocenters. The Bertz CT molecular complexity index is 375. The Morgan fingerprint density at radius 1 is 1.53 bits per heavy atom. The highest BCUT2D eigenvalue weighted by molar-refractivity contribution is 5.60. The maximum Gasteiger partial charge on any atom is 0.125 e. The fraction of sp³-hybridized carbons (Fsp3) is 0.417. The van der Waals surface area contributed by atoms with Crippen molar-refractivity contribution in [2.75, 3.05) is 13.1 Å². The molecule has 0 radical (unpaired) electrons. The van der Waals surface area contributed by atoms with Crippen LogP contribution in [0.5, 0.6) is 0 Å². The van der Waals surface area contributed by atoms with Gasteiger partial charge < -0.3 is 10.7 Å². The summed E-state index contributed by atoms with van der Waals surface area (Å²) in [6.45, 7) is 1.96. The van der Waals surface area contributed by atoms with Crippen molar-refractivity contribution >= 4 is 12.0 Å². The normalized spacial score (nSPS) is 19.9. The largest absolute Gasteiger partial charge is 0.313 e. The molecule has 0 saturated carbocycles. The van der Waals surface area contributed by atoms with Gasteiger partial charge in [-0.1, -0.05) is 6.07 Å². The minimum atomic E-state index is -0.275. The Morgan fingerprint density at radius 3 is 3.24 bits per heavy atom. The molecule has 2 rings (SSSR count). The van der Waals surface area contributed by atoms with E-state index in [-0.39, 0.29) is 5.82 Å². The number of aliphatic imine (C=N–C) groups is 1. The van der Waals surface area contributed by atoms with Crippen molar-refractivity contribution in [2.45, 2.75) is 18.9 Å². The van der Waals surface area contributed by atoms with Gasteiger partial charge in [0.1, 0.15) is 12.2 Å². The van der Waals surface area contributed by atoms with E-state index in [1.54, 1.807) is 12.1 Å². The minimum Gasteiger partial charge on any atom is -0.313 e. The van der Waals surface area contributed by atoms with E-state index in [2.05, 4.69) is 21.2 Å². The molecular formula is C12H17FN4. The lowest BCUT2D eigenvalue weighted by Gasteiger charge is -2.10. The third-order valence-corrected chi connectivity index (χ3v) is 2.70. The number of hydrogen-bond acceptors (Lipinski definition) is 3. The molecule has 1 aromatic rings. The van der Waals surface area contributed by atoms with Gasteiger partial charge >= 0.3 is 0 Å². The van der Waals surface area contributed by atoms with Gasteiger partial charge in [0, 0.05) is 12.6 Å². The van der Waals surface area contributed by atoms with Crippen molar-refractivity contribution in [2.24, 2.45) is 4.99 Å². The molecule has 1 aliphatic heterocycles. The Balaban J connectivity index is 1.67. The third kappa shape index (κ3) is 4.13. The zero-order chi connectivity index (χ0) is 11.9. The molecule has 1 atom stereocenters. The van der Waals surface area contributed by atoms with E-state index in [1.165, 1.54) is 31.3 Å². The van der Waals surface area contributed by atoms with Gasteiger partial charge in [-0.05, 0) is 37.6 Å². The smallest absolute Gasteiger partial charge is 0.125 e. The predicted molar refractivity (Wildman–Crippen MR) is 66.7 cm³/mol. The Kier molecular flexibility index (Phi) is 4.46. The standard InChI is InChI=1S/C12H17FN4/c13-10-3-1-4-11(7-10)15-9-17-16-8-12-5-2-6-14-12/h1,3-4,7,9,12,14,16H,2,5-6,8H2,(H,15,17)/t12-/m0/s1. The van der Waals surface area contributed by atoms with Crippen LogP contribution < -0.4 is 16.2 Å². The van der Waals surface area contributed by atoms with Gasteiger partial charge in [-0.15, -0.1) is 0 Å². The molecule has 3 N–H and O–H groups in total. The second kappa shape index (κ2) is 6.32. The summed E-state index contributed by atoms with van der Waals surface area (Å²) in [6.07, 6.45) is 3.98. The summed E-state index contributed by atoms with van der Waals surface area (Å²) in [7, 11) is 0. The quantitative estimate of drug-likeness (QED) is 0.313. The lowest BCUT2D eigenvalue weighted by molar-refractivity contribution is 0.522. The average Bonchev–Trinajstić information content (AvgIpc) is 2.82. The van der Waals surface area contributed by atoms with E-state index in [0.29, 0.717) is 11.7 Å². The summed E-state index contributed by atoms with van der Waals surface area (Å²) in [4.78, 5) is 4.07. The van der Waals surface area contributed by atoms with Crippen LogP contribution in [0.4, 0.5) is 10.1 Å². The lowest BCUT2D eigenvalue weighted by atomic mass is 10.2. The van der Waals surface area contributed by atoms with Crippen molar-refractivity contribution in [1.29, 1.82) is 0 Å². The van der Waals surface area contributed by atoms with Crippen LogP contribution in [0.3, 0.4) is 0 Å². The lowest BCUT2D eigenvalue weighted by Crippen LogP contribution is -2.40. The highest BCUT2D eigenvalue weighted by Crippen LogP contribution is 2.11. The molecule has 1 aliphatic rings. The van der Waals surface area contributed by atoms with Crippen LogP contribution >= 0.6 is 0 Å². The van der Waals surface area contributed by atoms with Crippen LogP contribution in [0.2, 0.25) is 0 Å². The predicted octanol–water partition coefficient (Wildman–Crippen LogP) is 1.33. The number of hydrazine groups is 1. The third-order valence-electron chi connectivity index (χ3n) is 2.70. The van der Waals surface area contributed by atoms with Gasteiger partial charge in [0.2, 0.25) is 0 Å². The second-order valence-electron chi connectivity index (χ2n) is 4.06. The van der Waals surface area contributed by atoms with Crippen LogP contribution in [0, 0.1) is 5.82 Å². The second-order valence-corrected chi connectivity index (χ2v) is 4.06. The van der Waals surface area contributed by atoms with Crippen molar-refractivity contribution in [1.82, 2.24) is 16.2 Å². The summed E-state index contributed by atoms with van der Waals surface area (Å²) >= 11 is 0. The van der Waals surface area contributed by atoms with Crippen LogP contribution in [0.1, 0.15) is 12.8 Å². The highest BCUT2D eigenvalue weighted by Gasteiger charge is 2.12. The van der Waals surface area contributed by atoms with Crippen LogP contribution in [-0.4, -0.2) is 25.5 Å². The summed E-state index contributed by atoms with van der Waals surface area (Å²) in [5.74, 6) is -0.275. The molecule has 0 aliphatic carbocycles. The zero-order valence-corrected chi connectivity index (χ0v) is 9.62. The Morgan fingerprint density at radius 2 is 2.47 bits per heavy atom. The van der Waals surface area contributed by atoms with E-state index in [1.807, 2.05) is 0 Å². The topological polar surface area (TPSA) is 48.5 Å². The van der Waals surface area contributed by atoms with Crippen molar-refractivity contribution in [3.8, 4) is 0 Å². The van der Waals surface area contributed by atoms with Gasteiger partial charge in [-0.2, -0.15) is 0 Å². The first kappa shape index (κ1) is 12.0. The number of halogens is 1. The molecule has 1 heterocycles. The van der Waals surface area contributed by atoms with E-state index >= 15 is 0 Å². The van der Waals surface area contributed by atoms with Gasteiger partial charge in [-0.3, -0.25) is 0 Å². The molecule has 1 fully saturated rings. The summed E-state index contributed by atoms with van der Waals surface area (Å²) in [5.41, 5.74) is 6.53. The van der Waals surface area contributed by atoms with Crippen molar-refractivity contribution in [3.05, 3.63) is 30.1 Å².